The highest BCUT2D eigenvalue weighted by atomic mass is 32.1. The molecular formula is C14H16N2O2S. The Morgan fingerprint density at radius 3 is 2.95 bits per heavy atom. The first-order chi connectivity index (χ1) is 9.13. The molecule has 1 aliphatic rings. The van der Waals surface area contributed by atoms with Crippen LogP contribution in [-0.2, 0) is 9.59 Å². The van der Waals surface area contributed by atoms with Gasteiger partial charge < -0.3 is 10.6 Å². The molecule has 0 fully saturated rings. The molecular weight excluding hydrogens is 260 g/mol. The minimum atomic E-state index is -0.581. The quantitative estimate of drug-likeness (QED) is 0.915. The van der Waals surface area contributed by atoms with Crippen molar-refractivity contribution in [2.45, 2.75) is 25.8 Å². The fourth-order valence-corrected chi connectivity index (χ4v) is 2.76. The monoisotopic (exact) mass is 276 g/mol. The van der Waals surface area contributed by atoms with Gasteiger partial charge in [-0.05, 0) is 17.9 Å². The van der Waals surface area contributed by atoms with E-state index in [0.29, 0.717) is 6.42 Å². The van der Waals surface area contributed by atoms with Crippen LogP contribution in [0.3, 0.4) is 0 Å². The summed E-state index contributed by atoms with van der Waals surface area (Å²) in [7, 11) is 0. The van der Waals surface area contributed by atoms with Gasteiger partial charge >= 0.3 is 0 Å². The first-order valence-corrected chi connectivity index (χ1v) is 7.04. The summed E-state index contributed by atoms with van der Waals surface area (Å²) in [6, 6.07) is 3.36. The van der Waals surface area contributed by atoms with Gasteiger partial charge in [-0.1, -0.05) is 25.1 Å². The number of allylic oxidation sites excluding steroid dienone is 2. The topological polar surface area (TPSA) is 63.4 Å². The summed E-state index contributed by atoms with van der Waals surface area (Å²) < 4.78 is 0. The molecule has 2 heterocycles. The Morgan fingerprint density at radius 1 is 1.58 bits per heavy atom. The number of thiophene rings is 1. The molecule has 0 saturated heterocycles. The van der Waals surface area contributed by atoms with E-state index in [0.717, 1.165) is 10.5 Å². The second-order valence-electron chi connectivity index (χ2n) is 4.30. The van der Waals surface area contributed by atoms with Gasteiger partial charge in [0, 0.05) is 23.1 Å². The predicted octanol–water partition coefficient (Wildman–Crippen LogP) is 2.14. The largest absolute Gasteiger partial charge is 0.368 e. The van der Waals surface area contributed by atoms with Crippen molar-refractivity contribution < 1.29 is 9.59 Å². The predicted molar refractivity (Wildman–Crippen MR) is 76.2 cm³/mol. The molecule has 0 saturated carbocycles. The van der Waals surface area contributed by atoms with E-state index in [2.05, 4.69) is 0 Å². The van der Waals surface area contributed by atoms with Gasteiger partial charge in [0.2, 0.25) is 11.8 Å². The van der Waals surface area contributed by atoms with Crippen molar-refractivity contribution >= 4 is 28.7 Å². The zero-order valence-corrected chi connectivity index (χ0v) is 11.5. The number of hydrogen-bond donors (Lipinski definition) is 1. The van der Waals surface area contributed by atoms with Crippen molar-refractivity contribution in [1.82, 2.24) is 4.90 Å². The van der Waals surface area contributed by atoms with Crippen LogP contribution in [0.15, 0.2) is 35.9 Å². The average Bonchev–Trinajstić information content (AvgIpc) is 2.83. The zero-order chi connectivity index (χ0) is 13.8. The third kappa shape index (κ3) is 2.93. The Bertz CT molecular complexity index is 532. The lowest BCUT2D eigenvalue weighted by molar-refractivity contribution is -0.135. The first kappa shape index (κ1) is 13.5. The SMILES string of the molecule is CCC(C(N)=O)N1C=C(c2cccs2)C=CCC1=O. The van der Waals surface area contributed by atoms with Crippen LogP contribution in [0.1, 0.15) is 24.6 Å². The summed E-state index contributed by atoms with van der Waals surface area (Å²) in [4.78, 5) is 26.1. The van der Waals surface area contributed by atoms with Gasteiger partial charge in [0.1, 0.15) is 6.04 Å². The highest BCUT2D eigenvalue weighted by molar-refractivity contribution is 7.11. The normalized spacial score (nSPS) is 17.0. The van der Waals surface area contributed by atoms with Crippen molar-refractivity contribution in [1.29, 1.82) is 0 Å². The van der Waals surface area contributed by atoms with Crippen LogP contribution in [0.5, 0.6) is 0 Å². The summed E-state index contributed by atoms with van der Waals surface area (Å²) in [5.74, 6) is -0.576. The standard InChI is InChI=1S/C14H16N2O2S/c1-2-11(14(15)18)16-9-10(5-3-7-13(16)17)12-6-4-8-19-12/h3-6,8-9,11H,2,7H2,1H3,(H2,15,18). The molecule has 19 heavy (non-hydrogen) atoms. The van der Waals surface area contributed by atoms with Gasteiger partial charge in [-0.15, -0.1) is 11.3 Å². The molecule has 1 aromatic heterocycles. The van der Waals surface area contributed by atoms with E-state index in [1.807, 2.05) is 36.6 Å². The number of nitrogens with two attached hydrogens (primary N) is 1. The van der Waals surface area contributed by atoms with E-state index in [9.17, 15) is 9.59 Å². The average molecular weight is 276 g/mol. The van der Waals surface area contributed by atoms with Gasteiger partial charge in [-0.2, -0.15) is 0 Å². The molecule has 1 aliphatic heterocycles. The second-order valence-corrected chi connectivity index (χ2v) is 5.24. The van der Waals surface area contributed by atoms with E-state index >= 15 is 0 Å². The Kier molecular flexibility index (Phi) is 4.16. The van der Waals surface area contributed by atoms with Crippen LogP contribution in [0.2, 0.25) is 0 Å². The van der Waals surface area contributed by atoms with E-state index in [1.54, 1.807) is 17.5 Å². The molecule has 2 N–H and O–H groups in total. The maximum atomic E-state index is 12.1. The van der Waals surface area contributed by atoms with Gasteiger partial charge in [0.25, 0.3) is 0 Å². The van der Waals surface area contributed by atoms with E-state index in [4.69, 9.17) is 5.73 Å². The summed E-state index contributed by atoms with van der Waals surface area (Å²) in [6.07, 6.45) is 6.26. The third-order valence-corrected chi connectivity index (χ3v) is 3.93. The lowest BCUT2D eigenvalue weighted by Crippen LogP contribution is -2.44. The minimum Gasteiger partial charge on any atom is -0.368 e. The van der Waals surface area contributed by atoms with Crippen molar-refractivity contribution in [2.75, 3.05) is 0 Å². The molecule has 0 aliphatic carbocycles. The molecule has 2 amide bonds. The van der Waals surface area contributed by atoms with Gasteiger partial charge in [-0.3, -0.25) is 9.59 Å². The summed E-state index contributed by atoms with van der Waals surface area (Å²) in [5.41, 5.74) is 6.31. The Labute approximate surface area is 116 Å². The van der Waals surface area contributed by atoms with Crippen LogP contribution in [0.4, 0.5) is 0 Å². The minimum absolute atomic E-state index is 0.103. The molecule has 2 rings (SSSR count). The Hall–Kier alpha value is -1.88. The molecule has 0 bridgehead atoms. The molecule has 4 nitrogen and oxygen atoms in total. The van der Waals surface area contributed by atoms with Crippen molar-refractivity contribution in [2.24, 2.45) is 5.73 Å². The number of carbonyl (C=O) groups is 2. The smallest absolute Gasteiger partial charge is 0.240 e. The van der Waals surface area contributed by atoms with Gasteiger partial charge in [0.05, 0.1) is 0 Å². The third-order valence-electron chi connectivity index (χ3n) is 3.01. The number of hydrogen-bond acceptors (Lipinski definition) is 3. The van der Waals surface area contributed by atoms with Gasteiger partial charge in [0.15, 0.2) is 0 Å². The van der Waals surface area contributed by atoms with E-state index in [-0.39, 0.29) is 12.3 Å². The molecule has 0 aromatic carbocycles. The number of rotatable bonds is 4. The number of nitrogens with zero attached hydrogens (tertiary/aromatic N) is 1. The maximum absolute atomic E-state index is 12.1. The maximum Gasteiger partial charge on any atom is 0.240 e. The fourth-order valence-electron chi connectivity index (χ4n) is 2.04. The molecule has 100 valence electrons. The summed E-state index contributed by atoms with van der Waals surface area (Å²) in [5, 5.41) is 1.98. The Morgan fingerprint density at radius 2 is 2.37 bits per heavy atom. The molecule has 0 spiro atoms. The zero-order valence-electron chi connectivity index (χ0n) is 10.7. The Balaban J connectivity index is 2.38. The summed E-state index contributed by atoms with van der Waals surface area (Å²) in [6.45, 7) is 1.85. The molecule has 0 radical (unpaired) electrons. The van der Waals surface area contributed by atoms with E-state index in [1.165, 1.54) is 4.90 Å². The number of amides is 2. The molecule has 5 heteroatoms. The van der Waals surface area contributed by atoms with Crippen LogP contribution < -0.4 is 5.73 Å². The lowest BCUT2D eigenvalue weighted by atomic mass is 10.1. The first-order valence-electron chi connectivity index (χ1n) is 6.16. The van der Waals surface area contributed by atoms with Crippen LogP contribution in [-0.4, -0.2) is 22.8 Å². The summed E-state index contributed by atoms with van der Waals surface area (Å²) >= 11 is 1.60. The van der Waals surface area contributed by atoms with E-state index < -0.39 is 11.9 Å². The van der Waals surface area contributed by atoms with Gasteiger partial charge in [-0.25, -0.2) is 0 Å². The van der Waals surface area contributed by atoms with Crippen LogP contribution >= 0.6 is 11.3 Å². The highest BCUT2D eigenvalue weighted by Gasteiger charge is 2.26. The van der Waals surface area contributed by atoms with Crippen molar-refractivity contribution in [3.05, 3.63) is 40.7 Å². The number of carbonyl (C=O) groups excluding carboxylic acids is 2. The molecule has 1 aromatic rings. The fraction of sp³-hybridized carbons (Fsp3) is 0.286. The van der Waals surface area contributed by atoms with Crippen LogP contribution in [0.25, 0.3) is 5.57 Å². The lowest BCUT2D eigenvalue weighted by Gasteiger charge is -2.25. The van der Waals surface area contributed by atoms with Crippen molar-refractivity contribution in [3.63, 3.8) is 0 Å². The second kappa shape index (κ2) is 5.84. The molecule has 1 atom stereocenters. The van der Waals surface area contributed by atoms with Crippen LogP contribution in [0, 0.1) is 0 Å². The highest BCUT2D eigenvalue weighted by Crippen LogP contribution is 2.25. The number of primary amides is 1. The van der Waals surface area contributed by atoms with Crippen molar-refractivity contribution in [3.8, 4) is 0 Å². The molecule has 1 unspecified atom stereocenters.